The topological polar surface area (TPSA) is 44.4 Å². The largest absolute Gasteiger partial charge is 0.344 e. The summed E-state index contributed by atoms with van der Waals surface area (Å²) in [6.45, 7) is 1.95. The lowest BCUT2D eigenvalue weighted by Gasteiger charge is -2.27. The Bertz CT molecular complexity index is 314. The van der Waals surface area contributed by atoms with Crippen LogP contribution in [0, 0.1) is 0 Å². The van der Waals surface area contributed by atoms with Gasteiger partial charge < -0.3 is 5.43 Å². The molecule has 0 unspecified atom stereocenters. The van der Waals surface area contributed by atoms with Gasteiger partial charge in [0.15, 0.2) is 0 Å². The van der Waals surface area contributed by atoms with Crippen LogP contribution in [0.5, 0.6) is 0 Å². The van der Waals surface area contributed by atoms with Crippen LogP contribution in [0.4, 0.5) is 4.79 Å². The molecule has 62 valence electrons. The van der Waals surface area contributed by atoms with E-state index in [1.54, 1.807) is 17.3 Å². The molecule has 2 amide bonds. The van der Waals surface area contributed by atoms with Gasteiger partial charge in [-0.05, 0) is 18.6 Å². The summed E-state index contributed by atoms with van der Waals surface area (Å²) in [4.78, 5) is 12.8. The van der Waals surface area contributed by atoms with Crippen molar-refractivity contribution in [2.24, 2.45) is 0 Å². The summed E-state index contributed by atoms with van der Waals surface area (Å²) in [5, 5.41) is 0. The number of amides is 2. The van der Waals surface area contributed by atoms with Crippen LogP contribution in [0.1, 0.15) is 6.92 Å². The molecule has 0 fully saturated rings. The van der Waals surface area contributed by atoms with Crippen LogP contribution in [0.25, 0.3) is 0 Å². The van der Waals surface area contributed by atoms with Crippen LogP contribution in [-0.2, 0) is 0 Å². The Morgan fingerprint density at radius 2 is 2.25 bits per heavy atom. The number of nitrogens with one attached hydrogen (secondary N) is 2. The Hall–Kier alpha value is -1.71. The van der Waals surface area contributed by atoms with Gasteiger partial charge in [-0.1, -0.05) is 6.08 Å². The first-order valence-corrected chi connectivity index (χ1v) is 3.69. The zero-order valence-corrected chi connectivity index (χ0v) is 6.66. The minimum Gasteiger partial charge on any atom is -0.302 e. The molecule has 0 spiro atoms. The molecule has 0 aromatic rings. The van der Waals surface area contributed by atoms with Gasteiger partial charge >= 0.3 is 6.03 Å². The molecule has 0 radical (unpaired) electrons. The summed E-state index contributed by atoms with van der Waals surface area (Å²) in [6, 6.07) is -0.156. The Morgan fingerprint density at radius 3 is 3.08 bits per heavy atom. The van der Waals surface area contributed by atoms with Crippen molar-refractivity contribution < 1.29 is 4.79 Å². The van der Waals surface area contributed by atoms with E-state index in [0.717, 1.165) is 11.3 Å². The summed E-state index contributed by atoms with van der Waals surface area (Å²) in [6.07, 6.45) is 7.38. The SMILES string of the molecule is CC1=CN2C(=O)NNC=C2C=C1. The van der Waals surface area contributed by atoms with E-state index in [4.69, 9.17) is 0 Å². The van der Waals surface area contributed by atoms with Gasteiger partial charge in [-0.3, -0.25) is 10.3 Å². The third-order valence-corrected chi connectivity index (χ3v) is 1.75. The number of carbonyl (C=O) groups excluding carboxylic acids is 1. The number of nitrogens with zero attached hydrogens (tertiary/aromatic N) is 1. The number of hydrogen-bond acceptors (Lipinski definition) is 2. The van der Waals surface area contributed by atoms with E-state index < -0.39 is 0 Å². The smallest absolute Gasteiger partial charge is 0.302 e. The van der Waals surface area contributed by atoms with Crippen molar-refractivity contribution in [2.75, 3.05) is 0 Å². The summed E-state index contributed by atoms with van der Waals surface area (Å²) < 4.78 is 0. The lowest BCUT2D eigenvalue weighted by molar-refractivity contribution is 0.217. The first-order chi connectivity index (χ1) is 5.77. The summed E-state index contributed by atoms with van der Waals surface area (Å²) in [5.41, 5.74) is 7.06. The molecule has 0 aromatic heterocycles. The number of carbonyl (C=O) groups is 1. The number of rotatable bonds is 0. The molecule has 0 aromatic carbocycles. The second-order valence-corrected chi connectivity index (χ2v) is 2.72. The van der Waals surface area contributed by atoms with Gasteiger partial charge in [-0.25, -0.2) is 4.79 Å². The zero-order chi connectivity index (χ0) is 8.55. The third kappa shape index (κ3) is 0.972. The van der Waals surface area contributed by atoms with Gasteiger partial charge in [0, 0.05) is 12.4 Å². The van der Waals surface area contributed by atoms with Crippen molar-refractivity contribution in [3.63, 3.8) is 0 Å². The fourth-order valence-electron chi connectivity index (χ4n) is 1.14. The fraction of sp³-hybridized carbons (Fsp3) is 0.125. The highest BCUT2D eigenvalue weighted by Gasteiger charge is 2.19. The van der Waals surface area contributed by atoms with Crippen LogP contribution in [0.15, 0.2) is 35.8 Å². The van der Waals surface area contributed by atoms with Crippen molar-refractivity contribution >= 4 is 6.03 Å². The van der Waals surface area contributed by atoms with Crippen molar-refractivity contribution in [1.29, 1.82) is 0 Å². The van der Waals surface area contributed by atoms with Crippen molar-refractivity contribution in [3.05, 3.63) is 35.8 Å². The summed E-state index contributed by atoms with van der Waals surface area (Å²) >= 11 is 0. The zero-order valence-electron chi connectivity index (χ0n) is 6.66. The molecular weight excluding hydrogens is 154 g/mol. The predicted octanol–water partition coefficient (Wildman–Crippen LogP) is 0.831. The average Bonchev–Trinajstić information content (AvgIpc) is 2.07. The van der Waals surface area contributed by atoms with E-state index in [9.17, 15) is 4.79 Å². The third-order valence-electron chi connectivity index (χ3n) is 1.75. The highest BCUT2D eigenvalue weighted by Crippen LogP contribution is 2.17. The minimum absolute atomic E-state index is 0.156. The molecule has 0 atom stereocenters. The molecule has 4 heteroatoms. The maximum absolute atomic E-state index is 11.2. The number of urea groups is 1. The van der Waals surface area contributed by atoms with E-state index in [-0.39, 0.29) is 6.03 Å². The van der Waals surface area contributed by atoms with Gasteiger partial charge in [-0.2, -0.15) is 0 Å². The van der Waals surface area contributed by atoms with Crippen LogP contribution in [0.3, 0.4) is 0 Å². The van der Waals surface area contributed by atoms with Crippen LogP contribution >= 0.6 is 0 Å². The first-order valence-electron chi connectivity index (χ1n) is 3.69. The van der Waals surface area contributed by atoms with E-state index in [0.29, 0.717) is 0 Å². The second kappa shape index (κ2) is 2.41. The molecule has 2 rings (SSSR count). The lowest BCUT2D eigenvalue weighted by atomic mass is 10.2. The summed E-state index contributed by atoms with van der Waals surface area (Å²) in [5.74, 6) is 0. The molecule has 2 aliphatic rings. The van der Waals surface area contributed by atoms with Gasteiger partial charge in [0.2, 0.25) is 0 Å². The van der Waals surface area contributed by atoms with Crippen LogP contribution < -0.4 is 10.9 Å². The number of fused-ring (bicyclic) bond motifs is 1. The van der Waals surface area contributed by atoms with Crippen LogP contribution in [0.2, 0.25) is 0 Å². The molecule has 2 heterocycles. The summed E-state index contributed by atoms with van der Waals surface area (Å²) in [7, 11) is 0. The number of allylic oxidation sites excluding steroid dienone is 3. The van der Waals surface area contributed by atoms with Gasteiger partial charge in [-0.15, -0.1) is 0 Å². The molecule has 0 bridgehead atoms. The standard InChI is InChI=1S/C8H9N3O/c1-6-2-3-7-4-9-10-8(12)11(7)5-6/h2-5,9H,1H3,(H,10,12). The van der Waals surface area contributed by atoms with Crippen molar-refractivity contribution in [1.82, 2.24) is 15.8 Å². The lowest BCUT2D eigenvalue weighted by Crippen LogP contribution is -2.46. The van der Waals surface area contributed by atoms with E-state index >= 15 is 0 Å². The Balaban J connectivity index is 2.38. The Kier molecular flexibility index (Phi) is 1.40. The maximum atomic E-state index is 11.2. The molecular formula is C8H9N3O. The monoisotopic (exact) mass is 163 g/mol. The highest BCUT2D eigenvalue weighted by atomic mass is 16.2. The Morgan fingerprint density at radius 1 is 1.42 bits per heavy atom. The highest BCUT2D eigenvalue weighted by molar-refractivity contribution is 5.79. The predicted molar refractivity (Wildman–Crippen MR) is 44.5 cm³/mol. The molecule has 2 aliphatic heterocycles. The first kappa shape index (κ1) is 6.97. The normalized spacial score (nSPS) is 20.4. The van der Waals surface area contributed by atoms with Crippen LogP contribution in [-0.4, -0.2) is 10.9 Å². The Labute approximate surface area is 70.2 Å². The molecule has 0 saturated carbocycles. The fourth-order valence-corrected chi connectivity index (χ4v) is 1.14. The molecule has 12 heavy (non-hydrogen) atoms. The average molecular weight is 163 g/mol. The van der Waals surface area contributed by atoms with E-state index in [1.807, 2.05) is 19.1 Å². The van der Waals surface area contributed by atoms with E-state index in [2.05, 4.69) is 10.9 Å². The molecule has 0 saturated heterocycles. The minimum atomic E-state index is -0.156. The van der Waals surface area contributed by atoms with Crippen molar-refractivity contribution in [2.45, 2.75) is 6.92 Å². The molecule has 4 nitrogen and oxygen atoms in total. The van der Waals surface area contributed by atoms with E-state index in [1.165, 1.54) is 0 Å². The number of hydrazine groups is 1. The van der Waals surface area contributed by atoms with Crippen molar-refractivity contribution in [3.8, 4) is 0 Å². The van der Waals surface area contributed by atoms with Gasteiger partial charge in [0.25, 0.3) is 0 Å². The quantitative estimate of drug-likeness (QED) is 0.555. The maximum Gasteiger partial charge on any atom is 0.344 e. The van der Waals surface area contributed by atoms with Gasteiger partial charge in [0.1, 0.15) is 0 Å². The molecule has 2 N–H and O–H groups in total. The van der Waals surface area contributed by atoms with Gasteiger partial charge in [0.05, 0.1) is 5.70 Å². The number of hydrogen-bond donors (Lipinski definition) is 2. The molecule has 0 aliphatic carbocycles. The second-order valence-electron chi connectivity index (χ2n) is 2.72.